The predicted octanol–water partition coefficient (Wildman–Crippen LogP) is 0.605. The quantitative estimate of drug-likeness (QED) is 0.799. The van der Waals surface area contributed by atoms with E-state index in [2.05, 4.69) is 5.43 Å². The third-order valence-electron chi connectivity index (χ3n) is 2.45. The number of nitrogens with zero attached hydrogens (tertiary/aromatic N) is 1. The molecule has 0 atom stereocenters. The summed E-state index contributed by atoms with van der Waals surface area (Å²) in [6, 6.07) is 3.34. The molecule has 0 saturated carbocycles. The van der Waals surface area contributed by atoms with E-state index in [1.807, 2.05) is 5.32 Å². The Hall–Kier alpha value is -2.15. The Morgan fingerprint density at radius 1 is 1.47 bits per heavy atom. The van der Waals surface area contributed by atoms with Gasteiger partial charge in [0.05, 0.1) is 6.42 Å². The molecule has 1 fully saturated rings. The number of amides is 4. The van der Waals surface area contributed by atoms with E-state index in [1.165, 1.54) is 18.2 Å². The van der Waals surface area contributed by atoms with Gasteiger partial charge in [-0.15, -0.1) is 0 Å². The van der Waals surface area contributed by atoms with E-state index in [1.54, 1.807) is 0 Å². The molecule has 1 aromatic rings. The fraction of sp³-hybridized carbons (Fsp3) is 0.182. The first-order valence-electron chi connectivity index (χ1n) is 5.31. The highest BCUT2D eigenvalue weighted by Gasteiger charge is 2.28. The van der Waals surface area contributed by atoms with Gasteiger partial charge in [0.25, 0.3) is 0 Å². The lowest BCUT2D eigenvalue weighted by molar-refractivity contribution is -0.124. The zero-order valence-electron chi connectivity index (χ0n) is 9.57. The van der Waals surface area contributed by atoms with E-state index in [-0.39, 0.29) is 23.6 Å². The van der Waals surface area contributed by atoms with Crippen molar-refractivity contribution in [2.75, 3.05) is 6.54 Å². The summed E-state index contributed by atoms with van der Waals surface area (Å²) < 4.78 is 13.5. The molecule has 2 N–H and O–H groups in total. The van der Waals surface area contributed by atoms with Gasteiger partial charge in [-0.05, 0) is 12.1 Å². The van der Waals surface area contributed by atoms with Crippen LogP contribution in [0.5, 0.6) is 0 Å². The molecule has 0 radical (unpaired) electrons. The topological polar surface area (TPSA) is 78.5 Å². The number of carbonyl (C=O) groups excluding carboxylic acids is 3. The molecular formula is C11H9ClFN3O3. The molecule has 1 aromatic carbocycles. The number of urea groups is 1. The summed E-state index contributed by atoms with van der Waals surface area (Å²) >= 11 is 5.78. The molecule has 0 spiro atoms. The SMILES string of the molecule is O=C1CN(NC(=O)Cc2c(F)cccc2Cl)C(=O)N1. The van der Waals surface area contributed by atoms with E-state index in [4.69, 9.17) is 11.6 Å². The summed E-state index contributed by atoms with van der Waals surface area (Å²) in [5.41, 5.74) is 2.23. The lowest BCUT2D eigenvalue weighted by atomic mass is 10.1. The summed E-state index contributed by atoms with van der Waals surface area (Å²) in [5, 5.41) is 2.93. The fourth-order valence-corrected chi connectivity index (χ4v) is 1.81. The maximum absolute atomic E-state index is 13.5. The standard InChI is InChI=1S/C11H9ClFN3O3/c12-7-2-1-3-8(13)6(7)4-9(17)15-16-5-10(18)14-11(16)19/h1-3H,4-5H2,(H,15,17)(H,14,18,19). The van der Waals surface area contributed by atoms with Gasteiger partial charge in [0.15, 0.2) is 0 Å². The molecule has 1 aliphatic rings. The first-order chi connectivity index (χ1) is 8.97. The lowest BCUT2D eigenvalue weighted by Gasteiger charge is -2.14. The number of carbonyl (C=O) groups is 3. The molecule has 8 heteroatoms. The van der Waals surface area contributed by atoms with E-state index < -0.39 is 23.7 Å². The minimum atomic E-state index is -0.724. The van der Waals surface area contributed by atoms with Crippen LogP contribution < -0.4 is 10.7 Å². The number of hydrogen-bond donors (Lipinski definition) is 2. The maximum atomic E-state index is 13.5. The van der Waals surface area contributed by atoms with Gasteiger partial charge >= 0.3 is 6.03 Å². The van der Waals surface area contributed by atoms with E-state index in [9.17, 15) is 18.8 Å². The third kappa shape index (κ3) is 3.00. The number of halogens is 2. The van der Waals surface area contributed by atoms with Crippen molar-refractivity contribution in [1.82, 2.24) is 15.8 Å². The largest absolute Gasteiger partial charge is 0.343 e. The van der Waals surface area contributed by atoms with Gasteiger partial charge in [0.1, 0.15) is 12.4 Å². The second-order valence-corrected chi connectivity index (χ2v) is 4.26. The molecule has 0 bridgehead atoms. The third-order valence-corrected chi connectivity index (χ3v) is 2.81. The first-order valence-corrected chi connectivity index (χ1v) is 5.69. The second-order valence-electron chi connectivity index (χ2n) is 3.85. The molecule has 6 nitrogen and oxygen atoms in total. The van der Waals surface area contributed by atoms with Crippen LogP contribution >= 0.6 is 11.6 Å². The van der Waals surface area contributed by atoms with Crippen molar-refractivity contribution in [1.29, 1.82) is 0 Å². The number of nitrogens with one attached hydrogen (secondary N) is 2. The molecule has 1 heterocycles. The molecule has 0 aliphatic carbocycles. The van der Waals surface area contributed by atoms with Gasteiger partial charge < -0.3 is 0 Å². The molecule has 2 rings (SSSR count). The van der Waals surface area contributed by atoms with Crippen molar-refractivity contribution in [2.24, 2.45) is 0 Å². The van der Waals surface area contributed by atoms with Crippen LogP contribution in [0.1, 0.15) is 5.56 Å². The smallest absolute Gasteiger partial charge is 0.275 e. The second kappa shape index (κ2) is 5.23. The van der Waals surface area contributed by atoms with Crippen LogP contribution in [0.4, 0.5) is 9.18 Å². The zero-order valence-corrected chi connectivity index (χ0v) is 10.3. The Morgan fingerprint density at radius 2 is 2.21 bits per heavy atom. The van der Waals surface area contributed by atoms with Crippen LogP contribution in [0, 0.1) is 5.82 Å². The Balaban J connectivity index is 2.02. The fourth-order valence-electron chi connectivity index (χ4n) is 1.58. The minimum absolute atomic E-state index is 0.0348. The van der Waals surface area contributed by atoms with Crippen molar-refractivity contribution in [3.63, 3.8) is 0 Å². The Bertz CT molecular complexity index is 544. The molecule has 19 heavy (non-hydrogen) atoms. The molecule has 1 saturated heterocycles. The van der Waals surface area contributed by atoms with Crippen LogP contribution in [-0.4, -0.2) is 29.4 Å². The van der Waals surface area contributed by atoms with Crippen molar-refractivity contribution in [2.45, 2.75) is 6.42 Å². The summed E-state index contributed by atoms with van der Waals surface area (Å²) in [4.78, 5) is 33.7. The predicted molar refractivity (Wildman–Crippen MR) is 63.5 cm³/mol. The van der Waals surface area contributed by atoms with Gasteiger partial charge in [-0.1, -0.05) is 17.7 Å². The summed E-state index contributed by atoms with van der Waals surface area (Å²) in [7, 11) is 0. The number of hydrogen-bond acceptors (Lipinski definition) is 3. The van der Waals surface area contributed by atoms with E-state index >= 15 is 0 Å². The van der Waals surface area contributed by atoms with Gasteiger partial charge in [-0.25, -0.2) is 14.2 Å². The van der Waals surface area contributed by atoms with Crippen molar-refractivity contribution >= 4 is 29.4 Å². The maximum Gasteiger partial charge on any atom is 0.343 e. The van der Waals surface area contributed by atoms with Gasteiger partial charge in [-0.2, -0.15) is 0 Å². The molecular weight excluding hydrogens is 277 g/mol. The van der Waals surface area contributed by atoms with Crippen LogP contribution in [0.25, 0.3) is 0 Å². The van der Waals surface area contributed by atoms with Crippen LogP contribution in [-0.2, 0) is 16.0 Å². The minimum Gasteiger partial charge on any atom is -0.275 e. The Labute approximate surface area is 112 Å². The molecule has 4 amide bonds. The Morgan fingerprint density at radius 3 is 2.79 bits per heavy atom. The Kier molecular flexibility index (Phi) is 3.66. The number of rotatable bonds is 3. The monoisotopic (exact) mass is 285 g/mol. The van der Waals surface area contributed by atoms with Crippen molar-refractivity contribution in [3.8, 4) is 0 Å². The van der Waals surface area contributed by atoms with Gasteiger partial charge in [-0.3, -0.25) is 20.3 Å². The van der Waals surface area contributed by atoms with Gasteiger partial charge in [0.2, 0.25) is 11.8 Å². The highest BCUT2D eigenvalue weighted by molar-refractivity contribution is 6.31. The van der Waals surface area contributed by atoms with Crippen molar-refractivity contribution < 1.29 is 18.8 Å². The van der Waals surface area contributed by atoms with Crippen LogP contribution in [0.3, 0.4) is 0 Å². The number of hydrazine groups is 1. The highest BCUT2D eigenvalue weighted by Crippen LogP contribution is 2.19. The normalized spacial score (nSPS) is 14.5. The summed E-state index contributed by atoms with van der Waals surface area (Å²) in [6.45, 7) is -0.268. The lowest BCUT2D eigenvalue weighted by Crippen LogP contribution is -2.44. The molecule has 0 unspecified atom stereocenters. The molecule has 100 valence electrons. The molecule has 0 aromatic heterocycles. The van der Waals surface area contributed by atoms with Crippen LogP contribution in [0.2, 0.25) is 5.02 Å². The van der Waals surface area contributed by atoms with Crippen LogP contribution in [0.15, 0.2) is 18.2 Å². The van der Waals surface area contributed by atoms with E-state index in [0.29, 0.717) is 0 Å². The average Bonchev–Trinajstić information content (AvgIpc) is 2.63. The average molecular weight is 286 g/mol. The highest BCUT2D eigenvalue weighted by atomic mass is 35.5. The zero-order chi connectivity index (χ0) is 14.0. The van der Waals surface area contributed by atoms with Gasteiger partial charge in [0, 0.05) is 10.6 Å². The number of imide groups is 1. The summed E-state index contributed by atoms with van der Waals surface area (Å²) in [5.74, 6) is -1.77. The van der Waals surface area contributed by atoms with E-state index in [0.717, 1.165) is 5.01 Å². The first kappa shape index (κ1) is 13.3. The summed E-state index contributed by atoms with van der Waals surface area (Å²) in [6.07, 6.45) is -0.330. The number of benzene rings is 1. The van der Waals surface area contributed by atoms with Crippen molar-refractivity contribution in [3.05, 3.63) is 34.6 Å². The molecule has 1 aliphatic heterocycles.